The smallest absolute Gasteiger partial charge is 0.260 e. The van der Waals surface area contributed by atoms with Crippen molar-refractivity contribution >= 4 is 5.91 Å². The van der Waals surface area contributed by atoms with Crippen LogP contribution in [-0.2, 0) is 9.53 Å². The molecule has 0 spiro atoms. The number of halogens is 2. The minimum atomic E-state index is -0.818. The van der Waals surface area contributed by atoms with Gasteiger partial charge in [0.1, 0.15) is 5.82 Å². The molecule has 0 radical (unpaired) electrons. The van der Waals surface area contributed by atoms with Gasteiger partial charge in [0.2, 0.25) is 0 Å². The van der Waals surface area contributed by atoms with Crippen LogP contribution in [-0.4, -0.2) is 42.7 Å². The van der Waals surface area contributed by atoms with Crippen molar-refractivity contribution in [1.82, 2.24) is 4.90 Å². The number of benzene rings is 1. The monoisotopic (exact) mass is 285 g/mol. The fraction of sp³-hybridized carbons (Fsp3) is 0.500. The van der Waals surface area contributed by atoms with Gasteiger partial charge >= 0.3 is 0 Å². The van der Waals surface area contributed by atoms with E-state index in [0.29, 0.717) is 13.2 Å². The zero-order chi connectivity index (χ0) is 14.7. The second-order valence-electron chi connectivity index (χ2n) is 4.90. The molecule has 0 aromatic heterocycles. The van der Waals surface area contributed by atoms with Crippen molar-refractivity contribution in [2.45, 2.75) is 26.0 Å². The Morgan fingerprint density at radius 1 is 1.45 bits per heavy atom. The van der Waals surface area contributed by atoms with Crippen LogP contribution in [0.25, 0.3) is 0 Å². The van der Waals surface area contributed by atoms with Crippen LogP contribution in [0.2, 0.25) is 0 Å². The van der Waals surface area contributed by atoms with Crippen LogP contribution < -0.4 is 4.74 Å². The third-order valence-electron chi connectivity index (χ3n) is 3.17. The maximum atomic E-state index is 13.4. The lowest BCUT2D eigenvalue weighted by atomic mass is 10.2. The molecule has 0 bridgehead atoms. The molecule has 1 heterocycles. The molecule has 6 heteroatoms. The van der Waals surface area contributed by atoms with Gasteiger partial charge in [0, 0.05) is 12.6 Å². The molecule has 1 aliphatic rings. The van der Waals surface area contributed by atoms with Gasteiger partial charge in [-0.1, -0.05) is 0 Å². The first-order valence-electron chi connectivity index (χ1n) is 6.46. The number of carbonyl (C=O) groups is 1. The van der Waals surface area contributed by atoms with Crippen LogP contribution in [0.3, 0.4) is 0 Å². The van der Waals surface area contributed by atoms with Gasteiger partial charge in [-0.25, -0.2) is 8.78 Å². The fourth-order valence-corrected chi connectivity index (χ4v) is 2.07. The van der Waals surface area contributed by atoms with E-state index in [-0.39, 0.29) is 30.4 Å². The summed E-state index contributed by atoms with van der Waals surface area (Å²) in [5, 5.41) is 0. The Morgan fingerprint density at radius 2 is 2.20 bits per heavy atom. The predicted molar refractivity (Wildman–Crippen MR) is 68.4 cm³/mol. The molecule has 1 fully saturated rings. The highest BCUT2D eigenvalue weighted by molar-refractivity contribution is 5.78. The summed E-state index contributed by atoms with van der Waals surface area (Å²) in [7, 11) is 0. The summed E-state index contributed by atoms with van der Waals surface area (Å²) in [5.41, 5.74) is 0. The second-order valence-corrected chi connectivity index (χ2v) is 4.90. The average molecular weight is 285 g/mol. The summed E-state index contributed by atoms with van der Waals surface area (Å²) < 4.78 is 36.7. The van der Waals surface area contributed by atoms with Gasteiger partial charge in [-0.05, 0) is 26.0 Å². The Bertz CT molecular complexity index is 495. The normalized spacial score (nSPS) is 22.7. The van der Waals surface area contributed by atoms with E-state index in [1.54, 1.807) is 4.90 Å². The lowest BCUT2D eigenvalue weighted by molar-refractivity contribution is -0.145. The van der Waals surface area contributed by atoms with Crippen molar-refractivity contribution in [2.24, 2.45) is 0 Å². The number of hydrogen-bond donors (Lipinski definition) is 0. The number of nitrogens with zero attached hydrogens (tertiary/aromatic N) is 1. The van der Waals surface area contributed by atoms with Gasteiger partial charge in [-0.15, -0.1) is 0 Å². The van der Waals surface area contributed by atoms with Crippen LogP contribution in [0.15, 0.2) is 18.2 Å². The Balaban J connectivity index is 1.94. The topological polar surface area (TPSA) is 38.8 Å². The van der Waals surface area contributed by atoms with Crippen LogP contribution in [0.5, 0.6) is 5.75 Å². The highest BCUT2D eigenvalue weighted by atomic mass is 19.1. The van der Waals surface area contributed by atoms with E-state index in [2.05, 4.69) is 0 Å². The molecule has 110 valence electrons. The van der Waals surface area contributed by atoms with Crippen molar-refractivity contribution in [2.75, 3.05) is 19.8 Å². The molecule has 1 aliphatic heterocycles. The van der Waals surface area contributed by atoms with E-state index in [9.17, 15) is 13.6 Å². The summed E-state index contributed by atoms with van der Waals surface area (Å²) in [4.78, 5) is 13.7. The number of amides is 1. The molecule has 20 heavy (non-hydrogen) atoms. The molecule has 2 rings (SSSR count). The second kappa shape index (κ2) is 6.17. The third kappa shape index (κ3) is 3.45. The van der Waals surface area contributed by atoms with Crippen LogP contribution in [0.1, 0.15) is 13.8 Å². The van der Waals surface area contributed by atoms with E-state index in [1.807, 2.05) is 13.8 Å². The highest BCUT2D eigenvalue weighted by Crippen LogP contribution is 2.18. The van der Waals surface area contributed by atoms with Gasteiger partial charge in [-0.3, -0.25) is 4.79 Å². The number of morpholine rings is 1. The minimum Gasteiger partial charge on any atom is -0.481 e. The van der Waals surface area contributed by atoms with Crippen LogP contribution >= 0.6 is 0 Å². The molecule has 1 saturated heterocycles. The summed E-state index contributed by atoms with van der Waals surface area (Å²) in [6.45, 7) is 4.43. The van der Waals surface area contributed by atoms with Gasteiger partial charge < -0.3 is 14.4 Å². The van der Waals surface area contributed by atoms with Crippen molar-refractivity contribution in [3.05, 3.63) is 29.8 Å². The van der Waals surface area contributed by atoms with E-state index in [1.165, 1.54) is 6.07 Å². The Morgan fingerprint density at radius 3 is 2.90 bits per heavy atom. The summed E-state index contributed by atoms with van der Waals surface area (Å²) in [6, 6.07) is 2.94. The molecule has 2 atom stereocenters. The van der Waals surface area contributed by atoms with Crippen molar-refractivity contribution in [3.63, 3.8) is 0 Å². The van der Waals surface area contributed by atoms with E-state index in [4.69, 9.17) is 9.47 Å². The minimum absolute atomic E-state index is 0.0299. The molecule has 1 amide bonds. The number of carbonyl (C=O) groups excluding carboxylic acids is 1. The maximum absolute atomic E-state index is 13.4. The molecule has 0 N–H and O–H groups in total. The van der Waals surface area contributed by atoms with Gasteiger partial charge in [0.05, 0.1) is 18.8 Å². The molecule has 0 unspecified atom stereocenters. The first-order valence-corrected chi connectivity index (χ1v) is 6.46. The third-order valence-corrected chi connectivity index (χ3v) is 3.17. The average Bonchev–Trinajstić information content (AvgIpc) is 2.40. The largest absolute Gasteiger partial charge is 0.481 e. The SMILES string of the molecule is C[C@@H]1CO[C@@H](C)CN1C(=O)COc1ccc(F)cc1F. The Labute approximate surface area is 116 Å². The van der Waals surface area contributed by atoms with Gasteiger partial charge in [-0.2, -0.15) is 0 Å². The fourth-order valence-electron chi connectivity index (χ4n) is 2.07. The van der Waals surface area contributed by atoms with Crippen molar-refractivity contribution < 1.29 is 23.0 Å². The first-order chi connectivity index (χ1) is 9.47. The van der Waals surface area contributed by atoms with Gasteiger partial charge in [0.15, 0.2) is 18.2 Å². The molecular formula is C14H17F2NO3. The molecule has 1 aromatic carbocycles. The molecule has 4 nitrogen and oxygen atoms in total. The van der Waals surface area contributed by atoms with E-state index >= 15 is 0 Å². The quantitative estimate of drug-likeness (QED) is 0.852. The zero-order valence-electron chi connectivity index (χ0n) is 11.4. The molecular weight excluding hydrogens is 268 g/mol. The standard InChI is InChI=1S/C14H17F2NO3/c1-9-7-19-10(2)6-17(9)14(18)8-20-13-4-3-11(15)5-12(13)16/h3-5,9-10H,6-8H2,1-2H3/t9-,10+/m1/s1. The van der Waals surface area contributed by atoms with E-state index < -0.39 is 11.6 Å². The summed E-state index contributed by atoms with van der Waals surface area (Å²) in [6.07, 6.45) is -0.0299. The van der Waals surface area contributed by atoms with Crippen LogP contribution in [0, 0.1) is 11.6 Å². The molecule has 0 aliphatic carbocycles. The number of hydrogen-bond acceptors (Lipinski definition) is 3. The molecule has 1 aromatic rings. The zero-order valence-corrected chi connectivity index (χ0v) is 11.4. The van der Waals surface area contributed by atoms with Crippen LogP contribution in [0.4, 0.5) is 8.78 Å². The van der Waals surface area contributed by atoms with Gasteiger partial charge in [0.25, 0.3) is 5.91 Å². The molecule has 0 saturated carbocycles. The number of rotatable bonds is 3. The lowest BCUT2D eigenvalue weighted by Crippen LogP contribution is -2.51. The summed E-state index contributed by atoms with van der Waals surface area (Å²) >= 11 is 0. The Kier molecular flexibility index (Phi) is 4.54. The summed E-state index contributed by atoms with van der Waals surface area (Å²) in [5.74, 6) is -1.87. The first kappa shape index (κ1) is 14.7. The van der Waals surface area contributed by atoms with E-state index in [0.717, 1.165) is 12.1 Å². The highest BCUT2D eigenvalue weighted by Gasteiger charge is 2.27. The Hall–Kier alpha value is -1.69. The number of ether oxygens (including phenoxy) is 2. The predicted octanol–water partition coefficient (Wildman–Crippen LogP) is 1.98. The maximum Gasteiger partial charge on any atom is 0.260 e. The lowest BCUT2D eigenvalue weighted by Gasteiger charge is -2.36. The van der Waals surface area contributed by atoms with Crippen molar-refractivity contribution in [1.29, 1.82) is 0 Å². The van der Waals surface area contributed by atoms with Crippen molar-refractivity contribution in [3.8, 4) is 5.75 Å².